The van der Waals surface area contributed by atoms with Crippen molar-refractivity contribution in [1.29, 1.82) is 0 Å². The first-order valence-corrected chi connectivity index (χ1v) is 12.9. The molecule has 39 heavy (non-hydrogen) atoms. The fourth-order valence-electron chi connectivity index (χ4n) is 4.50. The Bertz CT molecular complexity index is 1460. The number of aromatic nitrogens is 4. The highest BCUT2D eigenvalue weighted by atomic mass is 16.7. The summed E-state index contributed by atoms with van der Waals surface area (Å²) in [6.07, 6.45) is 2.66. The van der Waals surface area contributed by atoms with Gasteiger partial charge in [-0.25, -0.2) is 4.98 Å². The lowest BCUT2D eigenvalue weighted by atomic mass is 9.96. The molecule has 0 amide bonds. The molecule has 11 nitrogen and oxygen atoms in total. The first-order chi connectivity index (χ1) is 18.9. The van der Waals surface area contributed by atoms with Crippen molar-refractivity contribution in [3.05, 3.63) is 88.3 Å². The Kier molecular flexibility index (Phi) is 7.57. The average molecular weight is 528 g/mol. The summed E-state index contributed by atoms with van der Waals surface area (Å²) < 4.78 is 5.46. The number of rotatable bonds is 8. The van der Waals surface area contributed by atoms with Gasteiger partial charge in [-0.1, -0.05) is 78.8 Å². The van der Waals surface area contributed by atoms with E-state index in [1.54, 1.807) is 6.92 Å². The quantitative estimate of drug-likeness (QED) is 0.160. The lowest BCUT2D eigenvalue weighted by molar-refractivity contribution is -0.385. The van der Waals surface area contributed by atoms with Crippen molar-refractivity contribution in [2.24, 2.45) is 5.16 Å². The number of hydrogen-bond acceptors (Lipinski definition) is 10. The highest BCUT2D eigenvalue weighted by Crippen LogP contribution is 2.37. The maximum atomic E-state index is 12.1. The highest BCUT2D eigenvalue weighted by molar-refractivity contribution is 5.98. The number of oxime groups is 1. The van der Waals surface area contributed by atoms with Gasteiger partial charge in [0.25, 0.3) is 0 Å². The van der Waals surface area contributed by atoms with E-state index in [1.807, 2.05) is 73.3 Å². The van der Waals surface area contributed by atoms with Gasteiger partial charge in [-0.15, -0.1) is 0 Å². The Morgan fingerprint density at radius 2 is 1.77 bits per heavy atom. The molecule has 2 aromatic carbocycles. The Morgan fingerprint density at radius 3 is 2.41 bits per heavy atom. The molecule has 0 spiro atoms. The van der Waals surface area contributed by atoms with Gasteiger partial charge in [0.05, 0.1) is 10.6 Å². The summed E-state index contributed by atoms with van der Waals surface area (Å²) in [4.78, 5) is 31.7. The van der Waals surface area contributed by atoms with Gasteiger partial charge in [0.1, 0.15) is 6.33 Å². The van der Waals surface area contributed by atoms with Gasteiger partial charge < -0.3 is 14.3 Å². The molecule has 1 saturated heterocycles. The predicted molar refractivity (Wildman–Crippen MR) is 146 cm³/mol. The predicted octanol–water partition coefficient (Wildman–Crippen LogP) is 5.75. The van der Waals surface area contributed by atoms with Crippen molar-refractivity contribution in [3.63, 3.8) is 0 Å². The van der Waals surface area contributed by atoms with E-state index in [0.29, 0.717) is 43.4 Å². The SMILES string of the molecule is CC(=NOc1ncnc(N2CCC(c3nc(C(C)C)no3)CC2)c1[N+](=O)[O-])c1ccc(-c2ccccc2)cc1. The Hall–Kier alpha value is -4.67. The van der Waals surface area contributed by atoms with Gasteiger partial charge in [-0.2, -0.15) is 9.97 Å². The lowest BCUT2D eigenvalue weighted by Crippen LogP contribution is -2.34. The van der Waals surface area contributed by atoms with Crippen LogP contribution >= 0.6 is 0 Å². The van der Waals surface area contributed by atoms with E-state index < -0.39 is 4.92 Å². The smallest absolute Gasteiger partial charge is 0.351 e. The highest BCUT2D eigenvalue weighted by Gasteiger charge is 2.33. The molecule has 0 unspecified atom stereocenters. The van der Waals surface area contributed by atoms with E-state index in [4.69, 9.17) is 9.36 Å². The molecule has 1 aliphatic heterocycles. The molecule has 200 valence electrons. The van der Waals surface area contributed by atoms with Crippen molar-refractivity contribution in [2.45, 2.75) is 45.4 Å². The van der Waals surface area contributed by atoms with Crippen LogP contribution in [0.4, 0.5) is 11.5 Å². The molecular weight excluding hydrogens is 498 g/mol. The van der Waals surface area contributed by atoms with Crippen LogP contribution in [0.1, 0.15) is 62.7 Å². The average Bonchev–Trinajstić information content (AvgIpc) is 3.47. The fraction of sp³-hybridized carbons (Fsp3) is 0.321. The monoisotopic (exact) mass is 527 g/mol. The molecular formula is C28H29N7O4. The van der Waals surface area contributed by atoms with Crippen molar-refractivity contribution < 1.29 is 14.3 Å². The molecule has 0 aliphatic carbocycles. The normalized spacial score (nSPS) is 14.6. The van der Waals surface area contributed by atoms with Gasteiger partial charge in [-0.05, 0) is 36.5 Å². The second kappa shape index (κ2) is 11.4. The van der Waals surface area contributed by atoms with Gasteiger partial charge in [-0.3, -0.25) is 10.1 Å². The minimum Gasteiger partial charge on any atom is -0.351 e. The number of nitrogens with zero attached hydrogens (tertiary/aromatic N) is 7. The summed E-state index contributed by atoms with van der Waals surface area (Å²) in [7, 11) is 0. The molecule has 0 saturated carbocycles. The van der Waals surface area contributed by atoms with E-state index in [1.165, 1.54) is 6.33 Å². The van der Waals surface area contributed by atoms with E-state index in [0.717, 1.165) is 16.7 Å². The molecule has 2 aromatic heterocycles. The Labute approximate surface area is 225 Å². The number of piperidine rings is 1. The molecule has 0 radical (unpaired) electrons. The second-order valence-corrected chi connectivity index (χ2v) is 9.73. The van der Waals surface area contributed by atoms with Crippen molar-refractivity contribution in [2.75, 3.05) is 18.0 Å². The maximum Gasteiger partial charge on any atom is 0.375 e. The van der Waals surface area contributed by atoms with Crippen molar-refractivity contribution in [1.82, 2.24) is 20.1 Å². The number of benzene rings is 2. The molecule has 3 heterocycles. The zero-order valence-electron chi connectivity index (χ0n) is 22.0. The first kappa shape index (κ1) is 26.0. The number of anilines is 1. The zero-order chi connectivity index (χ0) is 27.4. The molecule has 11 heteroatoms. The van der Waals surface area contributed by atoms with E-state index in [9.17, 15) is 10.1 Å². The Balaban J connectivity index is 1.30. The van der Waals surface area contributed by atoms with Crippen LogP contribution in [-0.2, 0) is 0 Å². The van der Waals surface area contributed by atoms with Crippen LogP contribution in [0.5, 0.6) is 5.88 Å². The van der Waals surface area contributed by atoms with Crippen molar-refractivity contribution >= 4 is 17.2 Å². The summed E-state index contributed by atoms with van der Waals surface area (Å²) in [5, 5.41) is 20.3. The lowest BCUT2D eigenvalue weighted by Gasteiger charge is -2.30. The summed E-state index contributed by atoms with van der Waals surface area (Å²) in [5.74, 6) is 1.58. The van der Waals surface area contributed by atoms with Gasteiger partial charge in [0, 0.05) is 24.9 Å². The molecule has 1 fully saturated rings. The van der Waals surface area contributed by atoms with Crippen LogP contribution in [0.15, 0.2) is 70.6 Å². The van der Waals surface area contributed by atoms with Crippen LogP contribution in [0.2, 0.25) is 0 Å². The van der Waals surface area contributed by atoms with Gasteiger partial charge in [0.15, 0.2) is 5.82 Å². The molecule has 0 N–H and O–H groups in total. The van der Waals surface area contributed by atoms with Crippen LogP contribution in [0.25, 0.3) is 11.1 Å². The standard InChI is InChI=1S/C28H29N7O4/c1-18(2)25-31-27(38-33-25)23-13-15-34(16-14-23)26-24(35(36)37)28(30-17-29-26)39-32-19(3)20-9-11-22(12-10-20)21-7-5-4-6-8-21/h4-12,17-18,23H,13-16H2,1-3H3. The van der Waals surface area contributed by atoms with Gasteiger partial charge in [0.2, 0.25) is 11.7 Å². The molecule has 5 rings (SSSR count). The minimum atomic E-state index is -0.525. The van der Waals surface area contributed by atoms with Gasteiger partial charge >= 0.3 is 11.6 Å². The largest absolute Gasteiger partial charge is 0.375 e. The maximum absolute atomic E-state index is 12.1. The number of hydrogen-bond donors (Lipinski definition) is 0. The summed E-state index contributed by atoms with van der Waals surface area (Å²) in [5.41, 5.74) is 3.26. The first-order valence-electron chi connectivity index (χ1n) is 12.9. The van der Waals surface area contributed by atoms with E-state index in [-0.39, 0.29) is 29.2 Å². The molecule has 0 bridgehead atoms. The van der Waals surface area contributed by atoms with Crippen LogP contribution < -0.4 is 9.74 Å². The molecule has 4 aromatic rings. The van der Waals surface area contributed by atoms with E-state index >= 15 is 0 Å². The zero-order valence-corrected chi connectivity index (χ0v) is 22.0. The second-order valence-electron chi connectivity index (χ2n) is 9.73. The topological polar surface area (TPSA) is 133 Å². The summed E-state index contributed by atoms with van der Waals surface area (Å²) in [6, 6.07) is 17.9. The van der Waals surface area contributed by atoms with E-state index in [2.05, 4.69) is 25.3 Å². The molecule has 1 aliphatic rings. The number of nitro groups is 1. The molecule has 0 atom stereocenters. The van der Waals surface area contributed by atoms with Crippen molar-refractivity contribution in [3.8, 4) is 17.0 Å². The van der Waals surface area contributed by atoms with Crippen LogP contribution in [-0.4, -0.2) is 43.8 Å². The minimum absolute atomic E-state index is 0.0957. The van der Waals surface area contributed by atoms with Crippen LogP contribution in [0.3, 0.4) is 0 Å². The Morgan fingerprint density at radius 1 is 1.08 bits per heavy atom. The fourth-order valence-corrected chi connectivity index (χ4v) is 4.50. The third-order valence-electron chi connectivity index (χ3n) is 6.75. The summed E-state index contributed by atoms with van der Waals surface area (Å²) >= 11 is 0. The third-order valence-corrected chi connectivity index (χ3v) is 6.75. The van der Waals surface area contributed by atoms with Crippen LogP contribution in [0, 0.1) is 10.1 Å². The third kappa shape index (κ3) is 5.77. The summed E-state index contributed by atoms with van der Waals surface area (Å²) in [6.45, 7) is 6.88.